The third kappa shape index (κ3) is 1.49. The zero-order valence-corrected chi connectivity index (χ0v) is 9.41. The summed E-state index contributed by atoms with van der Waals surface area (Å²) in [5, 5.41) is 12.2. The Balaban J connectivity index is 2.70. The molecule has 0 saturated carbocycles. The van der Waals surface area contributed by atoms with Crippen LogP contribution in [0.15, 0.2) is 22.4 Å². The van der Waals surface area contributed by atoms with Crippen molar-refractivity contribution in [3.05, 3.63) is 23.1 Å². The smallest absolute Gasteiger partial charge is 0.0696 e. The lowest BCUT2D eigenvalue weighted by Gasteiger charge is -2.02. The number of aliphatic hydroxyl groups is 1. The zero-order valence-electron chi connectivity index (χ0n) is 7.78. The summed E-state index contributed by atoms with van der Waals surface area (Å²) in [5.41, 5.74) is 7.67. The third-order valence-corrected chi connectivity index (χ3v) is 3.96. The Morgan fingerprint density at radius 1 is 1.50 bits per heavy atom. The number of nitrogen functional groups attached to an aromatic ring is 1. The molecule has 2 rings (SSSR count). The number of anilines is 1. The predicted molar refractivity (Wildman–Crippen MR) is 63.9 cm³/mol. The lowest BCUT2D eigenvalue weighted by Crippen LogP contribution is -1.88. The van der Waals surface area contributed by atoms with Crippen molar-refractivity contribution in [2.45, 2.75) is 11.5 Å². The fourth-order valence-electron chi connectivity index (χ4n) is 1.42. The van der Waals surface area contributed by atoms with E-state index in [1.807, 2.05) is 17.7 Å². The molecule has 0 amide bonds. The van der Waals surface area contributed by atoms with Crippen LogP contribution in [0.3, 0.4) is 0 Å². The molecule has 2 aromatic rings. The number of aliphatic hydroxyl groups excluding tert-OH is 1. The van der Waals surface area contributed by atoms with Gasteiger partial charge in [-0.2, -0.15) is 0 Å². The van der Waals surface area contributed by atoms with E-state index in [0.717, 1.165) is 26.2 Å². The van der Waals surface area contributed by atoms with E-state index in [1.165, 1.54) is 0 Å². The molecule has 2 nitrogen and oxygen atoms in total. The SMILES string of the molecule is CSc1cc2c(CO)csc2cc1N. The molecule has 0 radical (unpaired) electrons. The van der Waals surface area contributed by atoms with Crippen molar-refractivity contribution in [3.8, 4) is 0 Å². The molecule has 1 heterocycles. The fourth-order valence-corrected chi connectivity index (χ4v) is 2.93. The van der Waals surface area contributed by atoms with Gasteiger partial charge in [-0.3, -0.25) is 0 Å². The molecular weight excluding hydrogens is 214 g/mol. The highest BCUT2D eigenvalue weighted by atomic mass is 32.2. The Labute approximate surface area is 90.7 Å². The number of benzene rings is 1. The first-order valence-corrected chi connectivity index (χ1v) is 6.31. The van der Waals surface area contributed by atoms with Crippen molar-refractivity contribution in [3.63, 3.8) is 0 Å². The van der Waals surface area contributed by atoms with Gasteiger partial charge < -0.3 is 10.8 Å². The zero-order chi connectivity index (χ0) is 10.1. The molecule has 0 bridgehead atoms. The van der Waals surface area contributed by atoms with Crippen LogP contribution < -0.4 is 5.73 Å². The van der Waals surface area contributed by atoms with E-state index in [1.54, 1.807) is 23.1 Å². The minimum absolute atomic E-state index is 0.0950. The minimum atomic E-state index is 0.0950. The van der Waals surface area contributed by atoms with Gasteiger partial charge in [0, 0.05) is 15.3 Å². The third-order valence-electron chi connectivity index (χ3n) is 2.18. The van der Waals surface area contributed by atoms with Crippen molar-refractivity contribution in [1.29, 1.82) is 0 Å². The first kappa shape index (κ1) is 9.83. The van der Waals surface area contributed by atoms with Crippen molar-refractivity contribution >= 4 is 38.9 Å². The molecule has 74 valence electrons. The summed E-state index contributed by atoms with van der Waals surface area (Å²) in [6, 6.07) is 4.03. The van der Waals surface area contributed by atoms with Crippen LogP contribution >= 0.6 is 23.1 Å². The van der Waals surface area contributed by atoms with Gasteiger partial charge >= 0.3 is 0 Å². The Morgan fingerprint density at radius 2 is 2.29 bits per heavy atom. The topological polar surface area (TPSA) is 46.2 Å². The molecule has 0 atom stereocenters. The van der Waals surface area contributed by atoms with Gasteiger partial charge in [0.2, 0.25) is 0 Å². The Kier molecular flexibility index (Phi) is 2.67. The van der Waals surface area contributed by atoms with Crippen molar-refractivity contribution in [2.75, 3.05) is 12.0 Å². The molecule has 0 aliphatic carbocycles. The molecule has 1 aromatic carbocycles. The quantitative estimate of drug-likeness (QED) is 0.610. The summed E-state index contributed by atoms with van der Waals surface area (Å²) in [4.78, 5) is 1.07. The molecule has 0 unspecified atom stereocenters. The van der Waals surface area contributed by atoms with E-state index in [-0.39, 0.29) is 6.61 Å². The first-order valence-electron chi connectivity index (χ1n) is 4.20. The predicted octanol–water partition coefficient (Wildman–Crippen LogP) is 2.70. The maximum atomic E-state index is 9.13. The van der Waals surface area contributed by atoms with Crippen molar-refractivity contribution < 1.29 is 5.11 Å². The van der Waals surface area contributed by atoms with Gasteiger partial charge in [0.1, 0.15) is 0 Å². The molecule has 14 heavy (non-hydrogen) atoms. The average molecular weight is 225 g/mol. The van der Waals surface area contributed by atoms with Crippen molar-refractivity contribution in [1.82, 2.24) is 0 Å². The van der Waals surface area contributed by atoms with E-state index in [9.17, 15) is 0 Å². The van der Waals surface area contributed by atoms with Crippen LogP contribution in [0.1, 0.15) is 5.56 Å². The van der Waals surface area contributed by atoms with Crippen LogP contribution in [-0.4, -0.2) is 11.4 Å². The van der Waals surface area contributed by atoms with E-state index < -0.39 is 0 Å². The number of thiophene rings is 1. The number of nitrogens with two attached hydrogens (primary N) is 1. The summed E-state index contributed by atoms with van der Waals surface area (Å²) >= 11 is 3.25. The molecule has 0 fully saturated rings. The summed E-state index contributed by atoms with van der Waals surface area (Å²) < 4.78 is 1.14. The van der Waals surface area contributed by atoms with Crippen LogP contribution in [0.25, 0.3) is 10.1 Å². The van der Waals surface area contributed by atoms with E-state index >= 15 is 0 Å². The second-order valence-corrected chi connectivity index (χ2v) is 4.77. The lowest BCUT2D eigenvalue weighted by atomic mass is 10.2. The Hall–Kier alpha value is -0.710. The molecule has 1 aromatic heterocycles. The van der Waals surface area contributed by atoms with Crippen LogP contribution in [-0.2, 0) is 6.61 Å². The van der Waals surface area contributed by atoms with E-state index in [2.05, 4.69) is 6.07 Å². The van der Waals surface area contributed by atoms with Gasteiger partial charge in [-0.05, 0) is 34.7 Å². The largest absolute Gasteiger partial charge is 0.398 e. The number of thioether (sulfide) groups is 1. The lowest BCUT2D eigenvalue weighted by molar-refractivity contribution is 0.284. The van der Waals surface area contributed by atoms with Crippen LogP contribution in [0.5, 0.6) is 0 Å². The molecule has 4 heteroatoms. The van der Waals surface area contributed by atoms with Gasteiger partial charge in [-0.25, -0.2) is 0 Å². The van der Waals surface area contributed by atoms with Crippen molar-refractivity contribution in [2.24, 2.45) is 0 Å². The normalized spacial score (nSPS) is 11.0. The minimum Gasteiger partial charge on any atom is -0.398 e. The Bertz CT molecular complexity index is 464. The highest BCUT2D eigenvalue weighted by Gasteiger charge is 2.06. The number of fused-ring (bicyclic) bond motifs is 1. The van der Waals surface area contributed by atoms with Gasteiger partial charge in [-0.15, -0.1) is 23.1 Å². The summed E-state index contributed by atoms with van der Waals surface area (Å²) in [6.45, 7) is 0.0950. The highest BCUT2D eigenvalue weighted by molar-refractivity contribution is 7.98. The molecule has 0 aliphatic heterocycles. The maximum absolute atomic E-state index is 9.13. The number of hydrogen-bond donors (Lipinski definition) is 2. The van der Waals surface area contributed by atoms with E-state index in [4.69, 9.17) is 10.8 Å². The first-order chi connectivity index (χ1) is 6.76. The molecule has 0 aliphatic rings. The molecule has 3 N–H and O–H groups in total. The van der Waals surface area contributed by atoms with E-state index in [0.29, 0.717) is 0 Å². The monoisotopic (exact) mass is 225 g/mol. The van der Waals surface area contributed by atoms with Crippen LogP contribution in [0.2, 0.25) is 0 Å². The highest BCUT2D eigenvalue weighted by Crippen LogP contribution is 2.33. The second kappa shape index (κ2) is 3.81. The number of hydrogen-bond acceptors (Lipinski definition) is 4. The molecule has 0 spiro atoms. The molecular formula is C10H11NOS2. The van der Waals surface area contributed by atoms with Gasteiger partial charge in [0.25, 0.3) is 0 Å². The molecule has 0 saturated heterocycles. The van der Waals surface area contributed by atoms with Crippen LogP contribution in [0, 0.1) is 0 Å². The van der Waals surface area contributed by atoms with Gasteiger partial charge in [0.15, 0.2) is 0 Å². The standard InChI is InChI=1S/C10H11NOS2/c1-13-10-2-7-6(4-12)5-14-9(7)3-8(10)11/h2-3,5,12H,4,11H2,1H3. The second-order valence-electron chi connectivity index (χ2n) is 3.01. The maximum Gasteiger partial charge on any atom is 0.0696 e. The Morgan fingerprint density at radius 3 is 2.93 bits per heavy atom. The van der Waals surface area contributed by atoms with Crippen LogP contribution in [0.4, 0.5) is 5.69 Å². The van der Waals surface area contributed by atoms with Gasteiger partial charge in [-0.1, -0.05) is 0 Å². The number of rotatable bonds is 2. The fraction of sp³-hybridized carbons (Fsp3) is 0.200. The summed E-state index contributed by atoms with van der Waals surface area (Å²) in [6.07, 6.45) is 2.00. The summed E-state index contributed by atoms with van der Waals surface area (Å²) in [7, 11) is 0. The average Bonchev–Trinajstić information content (AvgIpc) is 2.58. The summed E-state index contributed by atoms with van der Waals surface area (Å²) in [5.74, 6) is 0. The van der Waals surface area contributed by atoms with Gasteiger partial charge in [0.05, 0.1) is 6.61 Å².